The van der Waals surface area contributed by atoms with Gasteiger partial charge in [0.15, 0.2) is 0 Å². The van der Waals surface area contributed by atoms with Gasteiger partial charge >= 0.3 is 0 Å². The first-order chi connectivity index (χ1) is 13.7. The van der Waals surface area contributed by atoms with Gasteiger partial charge in [-0.2, -0.15) is 4.68 Å². The third-order valence-electron chi connectivity index (χ3n) is 4.55. The maximum absolute atomic E-state index is 12.4. The van der Waals surface area contributed by atoms with Crippen molar-refractivity contribution in [3.05, 3.63) is 53.6 Å². The van der Waals surface area contributed by atoms with E-state index in [-0.39, 0.29) is 11.7 Å². The Bertz CT molecular complexity index is 988. The molecule has 7 nitrogen and oxygen atoms in total. The molecule has 1 aliphatic carbocycles. The first-order valence-corrected chi connectivity index (χ1v) is 10.3. The summed E-state index contributed by atoms with van der Waals surface area (Å²) in [5, 5.41) is 15.4. The number of nitrogens with zero attached hydrogens (tertiary/aromatic N) is 4. The number of aryl methyl sites for hydroxylation is 2. The number of hydrogen-bond acceptors (Lipinski definition) is 6. The van der Waals surface area contributed by atoms with Gasteiger partial charge in [-0.05, 0) is 72.0 Å². The molecule has 0 saturated heterocycles. The minimum absolute atomic E-state index is 0.0874. The molecule has 2 aromatic carbocycles. The largest absolute Gasteiger partial charge is 0.492 e. The summed E-state index contributed by atoms with van der Waals surface area (Å²) < 4.78 is 7.25. The van der Waals surface area contributed by atoms with Crippen molar-refractivity contribution in [2.24, 2.45) is 0 Å². The number of fused-ring (bicyclic) bond motifs is 1. The van der Waals surface area contributed by atoms with E-state index in [1.807, 2.05) is 37.3 Å². The van der Waals surface area contributed by atoms with Crippen LogP contribution in [-0.4, -0.2) is 38.5 Å². The summed E-state index contributed by atoms with van der Waals surface area (Å²) >= 11 is 1.29. The molecule has 1 aliphatic rings. The lowest BCUT2D eigenvalue weighted by molar-refractivity contribution is -0.113. The van der Waals surface area contributed by atoms with Gasteiger partial charge in [-0.25, -0.2) is 0 Å². The van der Waals surface area contributed by atoms with E-state index in [1.54, 1.807) is 4.68 Å². The third kappa shape index (κ3) is 4.01. The summed E-state index contributed by atoms with van der Waals surface area (Å²) in [4.78, 5) is 12.4. The Hall–Kier alpha value is -2.87. The number of anilines is 1. The maximum Gasteiger partial charge on any atom is 0.234 e. The summed E-state index contributed by atoms with van der Waals surface area (Å²) in [5.41, 5.74) is 4.31. The monoisotopic (exact) mass is 395 g/mol. The van der Waals surface area contributed by atoms with Gasteiger partial charge in [0.2, 0.25) is 11.1 Å². The van der Waals surface area contributed by atoms with Crippen LogP contribution in [0.4, 0.5) is 5.69 Å². The van der Waals surface area contributed by atoms with Gasteiger partial charge in [0.25, 0.3) is 0 Å². The molecule has 1 heterocycles. The Morgan fingerprint density at radius 1 is 1.21 bits per heavy atom. The molecule has 28 heavy (non-hydrogen) atoms. The molecule has 0 saturated carbocycles. The molecule has 4 rings (SSSR count). The van der Waals surface area contributed by atoms with Crippen LogP contribution in [0.25, 0.3) is 5.69 Å². The Balaban J connectivity index is 1.42. The first-order valence-electron chi connectivity index (χ1n) is 9.29. The van der Waals surface area contributed by atoms with Crippen LogP contribution in [-0.2, 0) is 17.6 Å². The highest BCUT2D eigenvalue weighted by molar-refractivity contribution is 7.99. The molecule has 3 aromatic rings. The number of ether oxygens (including phenoxy) is 1. The lowest BCUT2D eigenvalue weighted by Crippen LogP contribution is -2.15. The Kier molecular flexibility index (Phi) is 5.57. The molecule has 0 bridgehead atoms. The third-order valence-corrected chi connectivity index (χ3v) is 5.47. The van der Waals surface area contributed by atoms with E-state index in [0.29, 0.717) is 17.5 Å². The van der Waals surface area contributed by atoms with Gasteiger partial charge < -0.3 is 10.1 Å². The molecule has 0 atom stereocenters. The topological polar surface area (TPSA) is 81.9 Å². The summed E-state index contributed by atoms with van der Waals surface area (Å²) in [6, 6.07) is 13.7. The Morgan fingerprint density at radius 2 is 2.07 bits per heavy atom. The first kappa shape index (κ1) is 18.5. The van der Waals surface area contributed by atoms with Crippen molar-refractivity contribution in [1.82, 2.24) is 20.2 Å². The van der Waals surface area contributed by atoms with Gasteiger partial charge in [0.1, 0.15) is 11.4 Å². The molecular weight excluding hydrogens is 374 g/mol. The second-order valence-corrected chi connectivity index (χ2v) is 7.39. The molecule has 0 fully saturated rings. The van der Waals surface area contributed by atoms with Gasteiger partial charge in [-0.1, -0.05) is 30.0 Å². The van der Waals surface area contributed by atoms with E-state index in [4.69, 9.17) is 4.74 Å². The van der Waals surface area contributed by atoms with E-state index >= 15 is 0 Å². The highest BCUT2D eigenvalue weighted by Crippen LogP contribution is 2.27. The number of hydrogen-bond donors (Lipinski definition) is 1. The fourth-order valence-electron chi connectivity index (χ4n) is 3.31. The van der Waals surface area contributed by atoms with Crippen molar-refractivity contribution in [1.29, 1.82) is 0 Å². The van der Waals surface area contributed by atoms with Crippen molar-refractivity contribution >= 4 is 23.4 Å². The molecule has 144 valence electrons. The predicted molar refractivity (Wildman–Crippen MR) is 108 cm³/mol. The average Bonchev–Trinajstić information content (AvgIpc) is 3.36. The van der Waals surface area contributed by atoms with Crippen LogP contribution in [0.1, 0.15) is 24.5 Å². The number of tetrazole rings is 1. The number of carbonyl (C=O) groups excluding carboxylic acids is 1. The Morgan fingerprint density at radius 3 is 2.96 bits per heavy atom. The zero-order valence-corrected chi connectivity index (χ0v) is 16.4. The zero-order chi connectivity index (χ0) is 19.3. The molecular formula is C20H21N5O2S. The molecule has 1 aromatic heterocycles. The van der Waals surface area contributed by atoms with Crippen molar-refractivity contribution in [3.8, 4) is 11.4 Å². The maximum atomic E-state index is 12.4. The smallest absolute Gasteiger partial charge is 0.234 e. The van der Waals surface area contributed by atoms with Crippen molar-refractivity contribution in [3.63, 3.8) is 0 Å². The van der Waals surface area contributed by atoms with Crippen LogP contribution in [0, 0.1) is 0 Å². The van der Waals surface area contributed by atoms with Crippen LogP contribution < -0.4 is 10.1 Å². The molecule has 8 heteroatoms. The fraction of sp³-hybridized carbons (Fsp3) is 0.300. The van der Waals surface area contributed by atoms with Crippen molar-refractivity contribution < 1.29 is 9.53 Å². The highest BCUT2D eigenvalue weighted by atomic mass is 32.2. The van der Waals surface area contributed by atoms with Crippen LogP contribution in [0.3, 0.4) is 0 Å². The van der Waals surface area contributed by atoms with Gasteiger partial charge in [-0.3, -0.25) is 4.79 Å². The quantitative estimate of drug-likeness (QED) is 0.618. The molecule has 0 unspecified atom stereocenters. The number of nitrogens with one attached hydrogen (secondary N) is 1. The normalized spacial score (nSPS) is 12.6. The van der Waals surface area contributed by atoms with Gasteiger partial charge in [0.05, 0.1) is 12.4 Å². The van der Waals surface area contributed by atoms with Crippen LogP contribution in [0.5, 0.6) is 5.75 Å². The lowest BCUT2D eigenvalue weighted by Gasteiger charge is -2.10. The van der Waals surface area contributed by atoms with Gasteiger partial charge in [-0.15, -0.1) is 5.10 Å². The molecule has 1 N–H and O–H groups in total. The number of amides is 1. The summed E-state index contributed by atoms with van der Waals surface area (Å²) in [6.45, 7) is 2.47. The van der Waals surface area contributed by atoms with Crippen LogP contribution in [0.2, 0.25) is 0 Å². The number of aromatic nitrogens is 4. The van der Waals surface area contributed by atoms with Crippen molar-refractivity contribution in [2.45, 2.75) is 31.3 Å². The zero-order valence-electron chi connectivity index (χ0n) is 15.6. The minimum Gasteiger partial charge on any atom is -0.492 e. The molecule has 0 aliphatic heterocycles. The molecule has 1 amide bonds. The fourth-order valence-corrected chi connectivity index (χ4v) is 3.99. The predicted octanol–water partition coefficient (Wildman–Crippen LogP) is 3.28. The van der Waals surface area contributed by atoms with Gasteiger partial charge in [0, 0.05) is 5.69 Å². The molecule has 0 spiro atoms. The number of carbonyl (C=O) groups is 1. The van der Waals surface area contributed by atoms with Crippen molar-refractivity contribution in [2.75, 3.05) is 17.7 Å². The van der Waals surface area contributed by atoms with E-state index in [1.165, 1.54) is 29.3 Å². The second kappa shape index (κ2) is 8.43. The van der Waals surface area contributed by atoms with E-state index in [9.17, 15) is 4.79 Å². The number of para-hydroxylation sites is 2. The second-order valence-electron chi connectivity index (χ2n) is 6.45. The lowest BCUT2D eigenvalue weighted by atomic mass is 10.1. The minimum atomic E-state index is -0.0874. The average molecular weight is 395 g/mol. The highest BCUT2D eigenvalue weighted by Gasteiger charge is 2.16. The van der Waals surface area contributed by atoms with Crippen LogP contribution >= 0.6 is 11.8 Å². The number of rotatable bonds is 7. The van der Waals surface area contributed by atoms with E-state index < -0.39 is 0 Å². The Labute approximate surface area is 167 Å². The SMILES string of the molecule is CCOc1ccccc1-n1nnnc1SCC(=O)Nc1ccc2c(c1)CCC2. The van der Waals surface area contributed by atoms with E-state index in [0.717, 1.165) is 24.2 Å². The summed E-state index contributed by atoms with van der Waals surface area (Å²) in [5.74, 6) is 0.825. The van der Waals surface area contributed by atoms with E-state index in [2.05, 4.69) is 33.0 Å². The number of benzene rings is 2. The number of thioether (sulfide) groups is 1. The van der Waals surface area contributed by atoms with Crippen LogP contribution in [0.15, 0.2) is 47.6 Å². The summed E-state index contributed by atoms with van der Waals surface area (Å²) in [6.07, 6.45) is 3.40. The standard InChI is InChI=1S/C20H21N5O2S/c1-2-27-18-9-4-3-8-17(18)25-20(22-23-24-25)28-13-19(26)21-16-11-10-14-6-5-7-15(14)12-16/h3-4,8-12H,2,5-7,13H2,1H3,(H,21,26). The summed E-state index contributed by atoms with van der Waals surface area (Å²) in [7, 11) is 0. The molecule has 0 radical (unpaired) electrons.